The summed E-state index contributed by atoms with van der Waals surface area (Å²) in [5, 5.41) is 3.16. The van der Waals surface area contributed by atoms with Crippen LogP contribution in [0.4, 0.5) is 11.6 Å². The van der Waals surface area contributed by atoms with E-state index in [0.717, 1.165) is 42.2 Å². The van der Waals surface area contributed by atoms with Gasteiger partial charge in [-0.1, -0.05) is 36.4 Å². The average Bonchev–Trinajstić information content (AvgIpc) is 2.69. The minimum absolute atomic E-state index is 0.0804. The molecule has 1 aromatic heterocycles. The molecule has 0 amide bonds. The summed E-state index contributed by atoms with van der Waals surface area (Å²) in [5.74, 6) is 1.21. The molecule has 0 bridgehead atoms. The topological polar surface area (TPSA) is 70.2 Å². The van der Waals surface area contributed by atoms with Crippen molar-refractivity contribution in [2.75, 3.05) is 19.0 Å². The van der Waals surface area contributed by atoms with Crippen LogP contribution in [0.3, 0.4) is 0 Å². The molecule has 0 saturated carbocycles. The van der Waals surface area contributed by atoms with Crippen molar-refractivity contribution in [1.29, 1.82) is 0 Å². The molecule has 0 aliphatic carbocycles. The Balaban J connectivity index is 1.51. The Morgan fingerprint density at radius 3 is 2.85 bits per heavy atom. The second-order valence-corrected chi connectivity index (χ2v) is 6.64. The lowest BCUT2D eigenvalue weighted by Gasteiger charge is -2.27. The number of nitrogens with zero attached hydrogens (tertiary/aromatic N) is 2. The number of aromatic nitrogens is 2. The Morgan fingerprint density at radius 2 is 2.04 bits per heavy atom. The number of fused-ring (bicyclic) bond motifs is 1. The number of aromatic amines is 1. The van der Waals surface area contributed by atoms with Gasteiger partial charge in [0.1, 0.15) is 5.75 Å². The van der Waals surface area contributed by atoms with Crippen molar-refractivity contribution in [3.05, 3.63) is 81.8 Å². The summed E-state index contributed by atoms with van der Waals surface area (Å²) in [4.78, 5) is 22.4. The van der Waals surface area contributed by atoms with E-state index < -0.39 is 0 Å². The Morgan fingerprint density at radius 1 is 1.19 bits per heavy atom. The van der Waals surface area contributed by atoms with Crippen molar-refractivity contribution in [3.8, 4) is 5.75 Å². The molecule has 2 heterocycles. The molecule has 1 aliphatic heterocycles. The first-order chi connectivity index (χ1) is 13.2. The maximum atomic E-state index is 12.6. The SMILES string of the molecule is COc1cccc(Nc2nc3c(c(=O)[nH]2)CN(Cc2ccccc2)CC3)c1. The number of benzene rings is 2. The van der Waals surface area contributed by atoms with Gasteiger partial charge >= 0.3 is 0 Å². The van der Waals surface area contributed by atoms with E-state index in [1.54, 1.807) is 7.11 Å². The first-order valence-corrected chi connectivity index (χ1v) is 9.01. The van der Waals surface area contributed by atoms with Crippen LogP contribution in [0, 0.1) is 0 Å². The van der Waals surface area contributed by atoms with E-state index in [0.29, 0.717) is 12.5 Å². The summed E-state index contributed by atoms with van der Waals surface area (Å²) in [6.07, 6.45) is 0.763. The molecule has 1 aliphatic rings. The molecule has 6 nitrogen and oxygen atoms in total. The maximum absolute atomic E-state index is 12.6. The summed E-state index contributed by atoms with van der Waals surface area (Å²) in [7, 11) is 1.62. The molecule has 138 valence electrons. The fourth-order valence-corrected chi connectivity index (χ4v) is 3.35. The summed E-state index contributed by atoms with van der Waals surface area (Å²) in [5.41, 5.74) is 3.62. The standard InChI is InChI=1S/C21H22N4O2/c1-27-17-9-5-8-16(12-17)22-21-23-19-10-11-25(14-18(19)20(26)24-21)13-15-6-3-2-4-7-15/h2-9,12H,10-11,13-14H2,1H3,(H2,22,23,24,26). The van der Waals surface area contributed by atoms with Gasteiger partial charge in [-0.15, -0.1) is 0 Å². The highest BCUT2D eigenvalue weighted by molar-refractivity contribution is 5.56. The Labute approximate surface area is 157 Å². The van der Waals surface area contributed by atoms with Crippen LogP contribution >= 0.6 is 0 Å². The van der Waals surface area contributed by atoms with Gasteiger partial charge in [0.2, 0.25) is 5.95 Å². The van der Waals surface area contributed by atoms with Crippen LogP contribution in [0.1, 0.15) is 16.8 Å². The quantitative estimate of drug-likeness (QED) is 0.730. The Bertz CT molecular complexity index is 985. The molecular formula is C21H22N4O2. The van der Waals surface area contributed by atoms with Crippen LogP contribution in [-0.2, 0) is 19.5 Å². The summed E-state index contributed by atoms with van der Waals surface area (Å²) in [6.45, 7) is 2.34. The van der Waals surface area contributed by atoms with E-state index in [1.807, 2.05) is 42.5 Å². The third-order valence-electron chi connectivity index (χ3n) is 4.73. The molecule has 2 aromatic carbocycles. The fourth-order valence-electron chi connectivity index (χ4n) is 3.35. The van der Waals surface area contributed by atoms with Crippen molar-refractivity contribution in [3.63, 3.8) is 0 Å². The van der Waals surface area contributed by atoms with Crippen molar-refractivity contribution in [2.45, 2.75) is 19.5 Å². The molecule has 0 saturated heterocycles. The van der Waals surface area contributed by atoms with Gasteiger partial charge in [-0.3, -0.25) is 14.7 Å². The molecule has 3 aromatic rings. The van der Waals surface area contributed by atoms with Gasteiger partial charge in [0.05, 0.1) is 18.4 Å². The predicted molar refractivity (Wildman–Crippen MR) is 105 cm³/mol. The van der Waals surface area contributed by atoms with E-state index in [9.17, 15) is 4.79 Å². The van der Waals surface area contributed by atoms with E-state index in [2.05, 4.69) is 32.3 Å². The highest BCUT2D eigenvalue weighted by Crippen LogP contribution is 2.21. The largest absolute Gasteiger partial charge is 0.497 e. The Hall–Kier alpha value is -3.12. The lowest BCUT2D eigenvalue weighted by atomic mass is 10.1. The van der Waals surface area contributed by atoms with Crippen LogP contribution in [0.25, 0.3) is 0 Å². The normalized spacial score (nSPS) is 13.8. The number of nitrogens with one attached hydrogen (secondary N) is 2. The monoisotopic (exact) mass is 362 g/mol. The van der Waals surface area contributed by atoms with Crippen LogP contribution in [0.2, 0.25) is 0 Å². The number of H-pyrrole nitrogens is 1. The summed E-state index contributed by atoms with van der Waals surface area (Å²) in [6, 6.07) is 17.8. The molecule has 0 fully saturated rings. The van der Waals surface area contributed by atoms with Crippen molar-refractivity contribution in [1.82, 2.24) is 14.9 Å². The highest BCUT2D eigenvalue weighted by Gasteiger charge is 2.21. The molecule has 0 unspecified atom stereocenters. The first kappa shape index (κ1) is 17.3. The summed E-state index contributed by atoms with van der Waals surface area (Å²) < 4.78 is 5.23. The zero-order valence-corrected chi connectivity index (χ0v) is 15.2. The second kappa shape index (κ2) is 7.63. The molecule has 0 spiro atoms. The van der Waals surface area contributed by atoms with Crippen LogP contribution in [-0.4, -0.2) is 28.5 Å². The van der Waals surface area contributed by atoms with Crippen molar-refractivity contribution in [2.24, 2.45) is 0 Å². The Kier molecular flexibility index (Phi) is 4.89. The number of hydrogen-bond acceptors (Lipinski definition) is 5. The lowest BCUT2D eigenvalue weighted by molar-refractivity contribution is 0.242. The van der Waals surface area contributed by atoms with E-state index in [1.165, 1.54) is 5.56 Å². The van der Waals surface area contributed by atoms with E-state index >= 15 is 0 Å². The molecule has 4 rings (SSSR count). The van der Waals surface area contributed by atoms with Gasteiger partial charge in [-0.05, 0) is 17.7 Å². The van der Waals surface area contributed by atoms with Crippen LogP contribution < -0.4 is 15.6 Å². The molecule has 27 heavy (non-hydrogen) atoms. The van der Waals surface area contributed by atoms with E-state index in [-0.39, 0.29) is 5.56 Å². The fraction of sp³-hybridized carbons (Fsp3) is 0.238. The van der Waals surface area contributed by atoms with Gasteiger partial charge in [0.25, 0.3) is 5.56 Å². The molecule has 0 radical (unpaired) electrons. The number of methoxy groups -OCH3 is 1. The number of anilines is 2. The number of hydrogen-bond donors (Lipinski definition) is 2. The minimum atomic E-state index is -0.0804. The van der Waals surface area contributed by atoms with Gasteiger partial charge in [0.15, 0.2) is 0 Å². The molecular weight excluding hydrogens is 340 g/mol. The third kappa shape index (κ3) is 4.01. The van der Waals surface area contributed by atoms with Crippen molar-refractivity contribution >= 4 is 11.6 Å². The van der Waals surface area contributed by atoms with Gasteiger partial charge < -0.3 is 10.1 Å². The first-order valence-electron chi connectivity index (χ1n) is 9.01. The average molecular weight is 362 g/mol. The lowest BCUT2D eigenvalue weighted by Crippen LogP contribution is -2.35. The maximum Gasteiger partial charge on any atom is 0.257 e. The zero-order chi connectivity index (χ0) is 18.6. The van der Waals surface area contributed by atoms with Crippen LogP contribution in [0.15, 0.2) is 59.4 Å². The van der Waals surface area contributed by atoms with E-state index in [4.69, 9.17) is 4.74 Å². The van der Waals surface area contributed by atoms with Crippen molar-refractivity contribution < 1.29 is 4.74 Å². The molecule has 2 N–H and O–H groups in total. The molecule has 0 atom stereocenters. The molecule has 6 heteroatoms. The van der Waals surface area contributed by atoms with Crippen LogP contribution in [0.5, 0.6) is 5.75 Å². The van der Waals surface area contributed by atoms with Gasteiger partial charge in [-0.2, -0.15) is 0 Å². The third-order valence-corrected chi connectivity index (χ3v) is 4.73. The predicted octanol–water partition coefficient (Wildman–Crippen LogP) is 3.08. The van der Waals surface area contributed by atoms with Gasteiger partial charge in [-0.25, -0.2) is 4.98 Å². The van der Waals surface area contributed by atoms with Gasteiger partial charge in [0, 0.05) is 37.8 Å². The zero-order valence-electron chi connectivity index (χ0n) is 15.2. The number of rotatable bonds is 5. The highest BCUT2D eigenvalue weighted by atomic mass is 16.5. The second-order valence-electron chi connectivity index (χ2n) is 6.64. The minimum Gasteiger partial charge on any atom is -0.497 e. The summed E-state index contributed by atoms with van der Waals surface area (Å²) >= 11 is 0. The number of ether oxygens (including phenoxy) is 1. The smallest absolute Gasteiger partial charge is 0.257 e.